The molecule has 0 radical (unpaired) electrons. The molecule has 1 aromatic rings. The van der Waals surface area contributed by atoms with Crippen molar-refractivity contribution in [3.05, 3.63) is 34.1 Å². The van der Waals surface area contributed by atoms with Crippen LogP contribution in [0.4, 0.5) is 15.8 Å². The van der Waals surface area contributed by atoms with Gasteiger partial charge in [0.1, 0.15) is 6.04 Å². The minimum Gasteiger partial charge on any atom is -0.372 e. The summed E-state index contributed by atoms with van der Waals surface area (Å²) in [6.07, 6.45) is 0. The van der Waals surface area contributed by atoms with E-state index in [-0.39, 0.29) is 23.3 Å². The fraction of sp³-hybridized carbons (Fsp3) is 0.417. The molecule has 0 saturated carbocycles. The fourth-order valence-electron chi connectivity index (χ4n) is 1.44. The Bertz CT molecular complexity index is 491. The summed E-state index contributed by atoms with van der Waals surface area (Å²) in [6, 6.07) is 2.58. The molecule has 1 amide bonds. The normalized spacial score (nSPS) is 12.1. The third-order valence-electron chi connectivity index (χ3n) is 2.36. The van der Waals surface area contributed by atoms with Crippen LogP contribution in [0.25, 0.3) is 0 Å². The minimum absolute atomic E-state index is 0.0153. The molecule has 0 heterocycles. The second-order valence-electron chi connectivity index (χ2n) is 4.45. The Morgan fingerprint density at radius 2 is 2.00 bits per heavy atom. The summed E-state index contributed by atoms with van der Waals surface area (Å²) in [6.45, 7) is 5.22. The fourth-order valence-corrected chi connectivity index (χ4v) is 1.44. The number of carbonyl (C=O) groups is 1. The number of non-ortho nitro benzene ring substituents is 1. The van der Waals surface area contributed by atoms with Crippen molar-refractivity contribution in [3.8, 4) is 0 Å². The Morgan fingerprint density at radius 1 is 1.37 bits per heavy atom. The lowest BCUT2D eigenvalue weighted by Gasteiger charge is -2.17. The number of amides is 1. The van der Waals surface area contributed by atoms with Crippen molar-refractivity contribution >= 4 is 17.3 Å². The van der Waals surface area contributed by atoms with Crippen molar-refractivity contribution in [2.75, 3.05) is 5.32 Å². The monoisotopic (exact) mass is 269 g/mol. The van der Waals surface area contributed by atoms with Crippen LogP contribution in [-0.2, 0) is 4.79 Å². The molecule has 0 fully saturated rings. The number of benzene rings is 1. The first-order chi connectivity index (χ1) is 8.81. The van der Waals surface area contributed by atoms with Gasteiger partial charge in [-0.25, -0.2) is 4.39 Å². The first-order valence-corrected chi connectivity index (χ1v) is 5.82. The SMILES string of the molecule is CC(C)NC(=O)C(C)Nc1ccc([N+](=O)[O-])cc1F. The van der Waals surface area contributed by atoms with Crippen LogP contribution in [-0.4, -0.2) is 22.9 Å². The molecule has 0 aliphatic heterocycles. The van der Waals surface area contributed by atoms with Crippen LogP contribution in [0.15, 0.2) is 18.2 Å². The van der Waals surface area contributed by atoms with Crippen molar-refractivity contribution in [3.63, 3.8) is 0 Å². The minimum atomic E-state index is -0.765. The standard InChI is InChI=1S/C12H16FN3O3/c1-7(2)14-12(17)8(3)15-11-5-4-9(16(18)19)6-10(11)13/h4-8,15H,1-3H3,(H,14,17). The molecule has 2 N–H and O–H groups in total. The van der Waals surface area contributed by atoms with Gasteiger partial charge in [-0.15, -0.1) is 0 Å². The van der Waals surface area contributed by atoms with Gasteiger partial charge in [-0.1, -0.05) is 0 Å². The molecule has 1 unspecified atom stereocenters. The molecular formula is C12H16FN3O3. The number of nitrogens with one attached hydrogen (secondary N) is 2. The van der Waals surface area contributed by atoms with E-state index in [4.69, 9.17) is 0 Å². The Labute approximate surface area is 110 Å². The molecule has 0 bridgehead atoms. The Hall–Kier alpha value is -2.18. The Balaban J connectivity index is 2.77. The van der Waals surface area contributed by atoms with E-state index in [1.807, 2.05) is 13.8 Å². The highest BCUT2D eigenvalue weighted by molar-refractivity contribution is 5.84. The molecule has 1 rings (SSSR count). The van der Waals surface area contributed by atoms with Crippen LogP contribution >= 0.6 is 0 Å². The molecule has 7 heteroatoms. The average molecular weight is 269 g/mol. The van der Waals surface area contributed by atoms with E-state index >= 15 is 0 Å². The van der Waals surface area contributed by atoms with Gasteiger partial charge in [-0.2, -0.15) is 0 Å². The summed E-state index contributed by atoms with van der Waals surface area (Å²) in [5, 5.41) is 15.8. The van der Waals surface area contributed by atoms with E-state index in [2.05, 4.69) is 10.6 Å². The van der Waals surface area contributed by atoms with E-state index < -0.39 is 16.8 Å². The molecule has 0 aliphatic carbocycles. The number of hydrogen-bond acceptors (Lipinski definition) is 4. The van der Waals surface area contributed by atoms with E-state index in [9.17, 15) is 19.3 Å². The average Bonchev–Trinajstić information content (AvgIpc) is 2.30. The Morgan fingerprint density at radius 3 is 2.47 bits per heavy atom. The molecule has 0 spiro atoms. The first-order valence-electron chi connectivity index (χ1n) is 5.82. The topological polar surface area (TPSA) is 84.3 Å². The molecule has 104 valence electrons. The quantitative estimate of drug-likeness (QED) is 0.633. The van der Waals surface area contributed by atoms with Crippen molar-refractivity contribution in [2.45, 2.75) is 32.9 Å². The molecule has 1 aromatic carbocycles. The number of halogens is 1. The summed E-state index contributed by atoms with van der Waals surface area (Å²) in [4.78, 5) is 21.4. The third kappa shape index (κ3) is 4.20. The zero-order valence-corrected chi connectivity index (χ0v) is 10.9. The third-order valence-corrected chi connectivity index (χ3v) is 2.36. The molecule has 0 aromatic heterocycles. The van der Waals surface area contributed by atoms with E-state index in [1.165, 1.54) is 12.1 Å². The molecule has 6 nitrogen and oxygen atoms in total. The summed E-state index contributed by atoms with van der Waals surface area (Å²) < 4.78 is 13.6. The number of carbonyl (C=O) groups excluding carboxylic acids is 1. The summed E-state index contributed by atoms with van der Waals surface area (Å²) in [7, 11) is 0. The van der Waals surface area contributed by atoms with Gasteiger partial charge in [0.05, 0.1) is 16.7 Å². The van der Waals surface area contributed by atoms with Gasteiger partial charge in [-0.3, -0.25) is 14.9 Å². The van der Waals surface area contributed by atoms with Gasteiger partial charge < -0.3 is 10.6 Å². The van der Waals surface area contributed by atoms with Crippen molar-refractivity contribution in [1.29, 1.82) is 0 Å². The van der Waals surface area contributed by atoms with E-state index in [0.717, 1.165) is 6.07 Å². The first kappa shape index (κ1) is 14.9. The second kappa shape index (κ2) is 6.12. The van der Waals surface area contributed by atoms with Gasteiger partial charge >= 0.3 is 0 Å². The van der Waals surface area contributed by atoms with Crippen LogP contribution in [0.2, 0.25) is 0 Å². The predicted molar refractivity (Wildman–Crippen MR) is 69.4 cm³/mol. The van der Waals surface area contributed by atoms with Crippen LogP contribution in [0, 0.1) is 15.9 Å². The number of nitro benzene ring substituents is 1. The predicted octanol–water partition coefficient (Wildman–Crippen LogP) is 2.06. The maximum Gasteiger partial charge on any atom is 0.272 e. The van der Waals surface area contributed by atoms with Crippen LogP contribution < -0.4 is 10.6 Å². The summed E-state index contributed by atoms with van der Waals surface area (Å²) in [5.41, 5.74) is -0.278. The van der Waals surface area contributed by atoms with E-state index in [0.29, 0.717) is 0 Å². The van der Waals surface area contributed by atoms with Crippen molar-refractivity contribution in [2.24, 2.45) is 0 Å². The van der Waals surface area contributed by atoms with Gasteiger partial charge in [0.2, 0.25) is 5.91 Å². The zero-order chi connectivity index (χ0) is 14.6. The number of rotatable bonds is 5. The molecule has 1 atom stereocenters. The smallest absolute Gasteiger partial charge is 0.272 e. The maximum absolute atomic E-state index is 13.6. The van der Waals surface area contributed by atoms with Crippen LogP contribution in [0.1, 0.15) is 20.8 Å². The lowest BCUT2D eigenvalue weighted by Crippen LogP contribution is -2.41. The number of anilines is 1. The highest BCUT2D eigenvalue weighted by Gasteiger charge is 2.16. The Kier molecular flexibility index (Phi) is 4.80. The zero-order valence-electron chi connectivity index (χ0n) is 10.9. The van der Waals surface area contributed by atoms with Gasteiger partial charge in [0, 0.05) is 12.1 Å². The summed E-state index contributed by atoms with van der Waals surface area (Å²) >= 11 is 0. The second-order valence-corrected chi connectivity index (χ2v) is 4.45. The van der Waals surface area contributed by atoms with Crippen LogP contribution in [0.3, 0.4) is 0 Å². The van der Waals surface area contributed by atoms with E-state index in [1.54, 1.807) is 6.92 Å². The van der Waals surface area contributed by atoms with Crippen LogP contribution in [0.5, 0.6) is 0 Å². The maximum atomic E-state index is 13.6. The highest BCUT2D eigenvalue weighted by Crippen LogP contribution is 2.21. The lowest BCUT2D eigenvalue weighted by atomic mass is 10.2. The number of nitrogens with zero attached hydrogens (tertiary/aromatic N) is 1. The number of hydrogen-bond donors (Lipinski definition) is 2. The largest absolute Gasteiger partial charge is 0.372 e. The van der Waals surface area contributed by atoms with Gasteiger partial charge in [-0.05, 0) is 26.8 Å². The molecular weight excluding hydrogens is 253 g/mol. The lowest BCUT2D eigenvalue weighted by molar-refractivity contribution is -0.385. The molecule has 0 saturated heterocycles. The van der Waals surface area contributed by atoms with Crippen molar-refractivity contribution in [1.82, 2.24) is 5.32 Å². The van der Waals surface area contributed by atoms with Crippen molar-refractivity contribution < 1.29 is 14.1 Å². The summed E-state index contributed by atoms with van der Waals surface area (Å²) in [5.74, 6) is -1.04. The highest BCUT2D eigenvalue weighted by atomic mass is 19.1. The van der Waals surface area contributed by atoms with Gasteiger partial charge in [0.25, 0.3) is 5.69 Å². The molecule has 0 aliphatic rings. The number of nitro groups is 1. The molecule has 19 heavy (non-hydrogen) atoms. The van der Waals surface area contributed by atoms with Gasteiger partial charge in [0.15, 0.2) is 5.82 Å².